The highest BCUT2D eigenvalue weighted by atomic mass is 32.2. The molecule has 0 spiro atoms. The predicted octanol–water partition coefficient (Wildman–Crippen LogP) is 4.79. The summed E-state index contributed by atoms with van der Waals surface area (Å²) in [7, 11) is 0. The highest BCUT2D eigenvalue weighted by Gasteiger charge is 2.09. The molecule has 0 aliphatic rings. The van der Waals surface area contributed by atoms with Crippen LogP contribution in [0, 0.1) is 5.82 Å². The third-order valence-electron chi connectivity index (χ3n) is 3.27. The van der Waals surface area contributed by atoms with Crippen molar-refractivity contribution in [1.82, 2.24) is 5.32 Å². The normalized spacial score (nSPS) is 12.6. The standard InChI is InChI=1S/C16H20FNS2/c1-3-13(11-19-2)18-10-12-6-7-15(17)14(9-12)16-5-4-8-20-16/h4-9,13,18H,3,10-11H2,1-2H3. The zero-order valence-corrected chi connectivity index (χ0v) is 13.5. The Labute approximate surface area is 128 Å². The van der Waals surface area contributed by atoms with Gasteiger partial charge in [-0.25, -0.2) is 4.39 Å². The minimum Gasteiger partial charge on any atom is -0.309 e. The van der Waals surface area contributed by atoms with Crippen LogP contribution in [0.4, 0.5) is 4.39 Å². The molecule has 1 atom stereocenters. The van der Waals surface area contributed by atoms with Crippen LogP contribution in [0.5, 0.6) is 0 Å². The molecule has 0 bridgehead atoms. The van der Waals surface area contributed by atoms with Crippen LogP contribution in [0.1, 0.15) is 18.9 Å². The molecule has 0 fully saturated rings. The summed E-state index contributed by atoms with van der Waals surface area (Å²) in [6.45, 7) is 2.98. The molecule has 0 aliphatic carbocycles. The summed E-state index contributed by atoms with van der Waals surface area (Å²) in [6, 6.07) is 9.83. The summed E-state index contributed by atoms with van der Waals surface area (Å²) in [5.41, 5.74) is 1.84. The Morgan fingerprint density at radius 3 is 2.85 bits per heavy atom. The van der Waals surface area contributed by atoms with Gasteiger partial charge in [0.1, 0.15) is 5.82 Å². The average molecular weight is 309 g/mol. The van der Waals surface area contributed by atoms with Crippen LogP contribution in [0.25, 0.3) is 10.4 Å². The molecule has 0 radical (unpaired) electrons. The molecular formula is C16H20FNS2. The van der Waals surface area contributed by atoms with Gasteiger partial charge in [0.15, 0.2) is 0 Å². The molecule has 0 saturated carbocycles. The Morgan fingerprint density at radius 2 is 2.20 bits per heavy atom. The van der Waals surface area contributed by atoms with Crippen molar-refractivity contribution >= 4 is 23.1 Å². The van der Waals surface area contributed by atoms with E-state index in [1.807, 2.05) is 41.4 Å². The zero-order valence-electron chi connectivity index (χ0n) is 11.9. The lowest BCUT2D eigenvalue weighted by Gasteiger charge is -2.16. The van der Waals surface area contributed by atoms with Crippen molar-refractivity contribution in [1.29, 1.82) is 0 Å². The highest BCUT2D eigenvalue weighted by molar-refractivity contribution is 7.98. The second-order valence-corrected chi connectivity index (χ2v) is 6.59. The topological polar surface area (TPSA) is 12.0 Å². The van der Waals surface area contributed by atoms with Gasteiger partial charge in [0.2, 0.25) is 0 Å². The van der Waals surface area contributed by atoms with Crippen molar-refractivity contribution in [2.24, 2.45) is 0 Å². The van der Waals surface area contributed by atoms with Crippen LogP contribution in [0.3, 0.4) is 0 Å². The maximum atomic E-state index is 13.9. The van der Waals surface area contributed by atoms with E-state index in [1.54, 1.807) is 17.4 Å². The van der Waals surface area contributed by atoms with Crippen molar-refractivity contribution in [2.75, 3.05) is 12.0 Å². The summed E-state index contributed by atoms with van der Waals surface area (Å²) >= 11 is 3.42. The first-order valence-corrected chi connectivity index (χ1v) is 9.06. The summed E-state index contributed by atoms with van der Waals surface area (Å²) in [5, 5.41) is 5.52. The molecule has 1 nitrogen and oxygen atoms in total. The van der Waals surface area contributed by atoms with Crippen LogP contribution in [-0.4, -0.2) is 18.1 Å². The van der Waals surface area contributed by atoms with Crippen molar-refractivity contribution < 1.29 is 4.39 Å². The molecule has 2 aromatic rings. The van der Waals surface area contributed by atoms with Crippen molar-refractivity contribution in [3.63, 3.8) is 0 Å². The molecule has 0 amide bonds. The maximum absolute atomic E-state index is 13.9. The molecule has 2 rings (SSSR count). The molecule has 1 aromatic heterocycles. The lowest BCUT2D eigenvalue weighted by atomic mass is 10.1. The van der Waals surface area contributed by atoms with Crippen molar-refractivity contribution in [3.8, 4) is 10.4 Å². The van der Waals surface area contributed by atoms with Crippen LogP contribution in [0.15, 0.2) is 35.7 Å². The molecule has 1 heterocycles. The molecule has 1 N–H and O–H groups in total. The fourth-order valence-electron chi connectivity index (χ4n) is 2.09. The Kier molecular flexibility index (Phi) is 6.07. The minimum absolute atomic E-state index is 0.146. The summed E-state index contributed by atoms with van der Waals surface area (Å²) in [5.74, 6) is 0.961. The van der Waals surface area contributed by atoms with Gasteiger partial charge in [-0.15, -0.1) is 11.3 Å². The van der Waals surface area contributed by atoms with Gasteiger partial charge in [-0.1, -0.05) is 19.1 Å². The van der Waals surface area contributed by atoms with E-state index >= 15 is 0 Å². The number of hydrogen-bond donors (Lipinski definition) is 1. The van der Waals surface area contributed by atoms with Gasteiger partial charge in [0.25, 0.3) is 0 Å². The van der Waals surface area contributed by atoms with E-state index in [2.05, 4.69) is 18.5 Å². The van der Waals surface area contributed by atoms with Crippen LogP contribution >= 0.6 is 23.1 Å². The van der Waals surface area contributed by atoms with Crippen molar-refractivity contribution in [3.05, 3.63) is 47.1 Å². The molecular weight excluding hydrogens is 289 g/mol. The molecule has 1 aromatic carbocycles. The predicted molar refractivity (Wildman–Crippen MR) is 89.0 cm³/mol. The van der Waals surface area contributed by atoms with Crippen LogP contribution in [-0.2, 0) is 6.54 Å². The number of hydrogen-bond acceptors (Lipinski definition) is 3. The van der Waals surface area contributed by atoms with E-state index in [1.165, 1.54) is 0 Å². The number of rotatable bonds is 7. The number of nitrogens with one attached hydrogen (secondary N) is 1. The van der Waals surface area contributed by atoms with Gasteiger partial charge in [0.05, 0.1) is 0 Å². The van der Waals surface area contributed by atoms with E-state index in [0.29, 0.717) is 11.6 Å². The SMILES string of the molecule is CCC(CSC)NCc1ccc(F)c(-c2cccs2)c1. The Balaban J connectivity index is 2.08. The van der Waals surface area contributed by atoms with Gasteiger partial charge in [0, 0.05) is 28.8 Å². The van der Waals surface area contributed by atoms with Gasteiger partial charge in [-0.3, -0.25) is 0 Å². The fraction of sp³-hybridized carbons (Fsp3) is 0.375. The second-order valence-electron chi connectivity index (χ2n) is 4.73. The third kappa shape index (κ3) is 4.08. The summed E-state index contributed by atoms with van der Waals surface area (Å²) < 4.78 is 13.9. The van der Waals surface area contributed by atoms with Gasteiger partial charge in [-0.05, 0) is 41.8 Å². The Bertz CT molecular complexity index is 525. The minimum atomic E-state index is -0.146. The first kappa shape index (κ1) is 15.5. The van der Waals surface area contributed by atoms with Gasteiger partial charge < -0.3 is 5.32 Å². The Morgan fingerprint density at radius 1 is 1.35 bits per heavy atom. The van der Waals surface area contributed by atoms with Gasteiger partial charge in [-0.2, -0.15) is 11.8 Å². The number of thiophene rings is 1. The van der Waals surface area contributed by atoms with E-state index in [4.69, 9.17) is 0 Å². The molecule has 1 unspecified atom stereocenters. The van der Waals surface area contributed by atoms with Gasteiger partial charge >= 0.3 is 0 Å². The quantitative estimate of drug-likeness (QED) is 0.789. The van der Waals surface area contributed by atoms with E-state index in [9.17, 15) is 4.39 Å². The molecule has 0 saturated heterocycles. The van der Waals surface area contributed by atoms with E-state index in [-0.39, 0.29) is 5.82 Å². The molecule has 0 aliphatic heterocycles. The third-order valence-corrected chi connectivity index (χ3v) is 4.91. The van der Waals surface area contributed by atoms with E-state index in [0.717, 1.165) is 29.2 Å². The van der Waals surface area contributed by atoms with Crippen molar-refractivity contribution in [2.45, 2.75) is 25.9 Å². The maximum Gasteiger partial charge on any atom is 0.131 e. The average Bonchev–Trinajstić information content (AvgIpc) is 2.99. The van der Waals surface area contributed by atoms with Crippen LogP contribution < -0.4 is 5.32 Å². The smallest absolute Gasteiger partial charge is 0.131 e. The monoisotopic (exact) mass is 309 g/mol. The lowest BCUT2D eigenvalue weighted by Crippen LogP contribution is -2.30. The Hall–Kier alpha value is -0.840. The summed E-state index contributed by atoms with van der Waals surface area (Å²) in [4.78, 5) is 0.987. The first-order chi connectivity index (χ1) is 9.74. The number of halogens is 1. The largest absolute Gasteiger partial charge is 0.309 e. The number of thioether (sulfide) groups is 1. The molecule has 108 valence electrons. The highest BCUT2D eigenvalue weighted by Crippen LogP contribution is 2.28. The molecule has 20 heavy (non-hydrogen) atoms. The second kappa shape index (κ2) is 7.81. The fourth-order valence-corrected chi connectivity index (χ4v) is 3.59. The first-order valence-electron chi connectivity index (χ1n) is 6.79. The molecule has 4 heteroatoms. The summed E-state index contributed by atoms with van der Waals surface area (Å²) in [6.07, 6.45) is 3.23. The van der Waals surface area contributed by atoms with E-state index < -0.39 is 0 Å². The zero-order chi connectivity index (χ0) is 14.4. The van der Waals surface area contributed by atoms with Crippen LogP contribution in [0.2, 0.25) is 0 Å². The lowest BCUT2D eigenvalue weighted by molar-refractivity contribution is 0.540. The number of benzene rings is 1.